The van der Waals surface area contributed by atoms with Crippen molar-refractivity contribution in [3.05, 3.63) is 30.1 Å². The molecule has 0 aromatic heterocycles. The molecule has 1 rings (SSSR count). The largest absolute Gasteiger partial charge is 0.493 e. The minimum absolute atomic E-state index is 0. The molecule has 0 saturated heterocycles. The number of ether oxygens (including phenoxy) is 1. The minimum Gasteiger partial charge on any atom is -0.493 e. The van der Waals surface area contributed by atoms with Crippen molar-refractivity contribution in [2.75, 3.05) is 12.4 Å². The quantitative estimate of drug-likeness (QED) is 0.509. The summed E-state index contributed by atoms with van der Waals surface area (Å²) in [5.41, 5.74) is 5.13. The van der Waals surface area contributed by atoms with Gasteiger partial charge in [0.05, 0.1) is 6.61 Å². The third-order valence-corrected chi connectivity index (χ3v) is 2.11. The van der Waals surface area contributed by atoms with E-state index in [4.69, 9.17) is 15.9 Å². The van der Waals surface area contributed by atoms with Gasteiger partial charge in [0.1, 0.15) is 11.6 Å². The van der Waals surface area contributed by atoms with E-state index in [1.165, 1.54) is 23.9 Å². The van der Waals surface area contributed by atoms with Crippen LogP contribution in [-0.2, 0) is 0 Å². The predicted molar refractivity (Wildman–Crippen MR) is 66.6 cm³/mol. The van der Waals surface area contributed by atoms with Gasteiger partial charge < -0.3 is 10.5 Å². The molecule has 0 fully saturated rings. The van der Waals surface area contributed by atoms with E-state index in [-0.39, 0.29) is 28.0 Å². The lowest BCUT2D eigenvalue weighted by atomic mass is 10.3. The Morgan fingerprint density at radius 3 is 2.53 bits per heavy atom. The second-order valence-corrected chi connectivity index (χ2v) is 3.65. The van der Waals surface area contributed by atoms with E-state index in [1.54, 1.807) is 12.1 Å². The van der Waals surface area contributed by atoms with Crippen molar-refractivity contribution in [2.45, 2.75) is 0 Å². The molecule has 0 amide bonds. The van der Waals surface area contributed by atoms with Crippen LogP contribution >= 0.6 is 28.7 Å². The molecule has 3 nitrogen and oxygen atoms in total. The second-order valence-electron chi connectivity index (χ2n) is 2.52. The van der Waals surface area contributed by atoms with Crippen LogP contribution in [0.5, 0.6) is 5.75 Å². The number of benzene rings is 1. The fourth-order valence-corrected chi connectivity index (χ4v) is 1.23. The smallest absolute Gasteiger partial charge is 0.151 e. The van der Waals surface area contributed by atoms with Crippen molar-refractivity contribution >= 4 is 33.9 Å². The van der Waals surface area contributed by atoms with Crippen LogP contribution in [0.25, 0.3) is 0 Å². The van der Waals surface area contributed by atoms with Gasteiger partial charge in [-0.1, -0.05) is 11.8 Å². The zero-order valence-corrected chi connectivity index (χ0v) is 10.4. The fourth-order valence-electron chi connectivity index (χ4n) is 0.842. The lowest BCUT2D eigenvalue weighted by Gasteiger charge is -2.04. The first kappa shape index (κ1) is 14.2. The molecule has 15 heavy (non-hydrogen) atoms. The highest BCUT2D eigenvalue weighted by atomic mass is 79.9. The van der Waals surface area contributed by atoms with E-state index in [0.717, 1.165) is 0 Å². The number of amidine groups is 1. The van der Waals surface area contributed by atoms with Gasteiger partial charge in [0.2, 0.25) is 0 Å². The summed E-state index contributed by atoms with van der Waals surface area (Å²) in [5, 5.41) is 7.02. The number of hydrogen-bond donors (Lipinski definition) is 2. The minimum atomic E-state index is -0.282. The molecule has 6 heteroatoms. The van der Waals surface area contributed by atoms with Crippen LogP contribution in [0, 0.1) is 11.2 Å². The van der Waals surface area contributed by atoms with Gasteiger partial charge in [0.25, 0.3) is 0 Å². The zero-order valence-electron chi connectivity index (χ0n) is 7.90. The Hall–Kier alpha value is -0.750. The molecule has 1 aromatic rings. The maximum absolute atomic E-state index is 12.5. The van der Waals surface area contributed by atoms with Crippen molar-refractivity contribution < 1.29 is 9.13 Å². The van der Waals surface area contributed by atoms with Crippen molar-refractivity contribution in [3.8, 4) is 5.75 Å². The maximum atomic E-state index is 12.5. The standard InChI is InChI=1S/C9H11FN2OS.BrH/c10-7-1-3-8(4-2-7)13-5-6-14-9(11)12;/h1-4H,5-6H2,(H3,11,12);1H. The Bertz CT molecular complexity index is 307. The van der Waals surface area contributed by atoms with E-state index in [1.807, 2.05) is 0 Å². The van der Waals surface area contributed by atoms with Gasteiger partial charge in [0, 0.05) is 5.75 Å². The van der Waals surface area contributed by atoms with Gasteiger partial charge in [0.15, 0.2) is 5.17 Å². The van der Waals surface area contributed by atoms with Crippen LogP contribution < -0.4 is 10.5 Å². The van der Waals surface area contributed by atoms with Crippen LogP contribution in [-0.4, -0.2) is 17.5 Å². The molecule has 0 unspecified atom stereocenters. The average molecular weight is 295 g/mol. The first-order valence-electron chi connectivity index (χ1n) is 4.03. The maximum Gasteiger partial charge on any atom is 0.151 e. The van der Waals surface area contributed by atoms with Gasteiger partial charge >= 0.3 is 0 Å². The molecule has 0 bridgehead atoms. The number of thioether (sulfide) groups is 1. The lowest BCUT2D eigenvalue weighted by molar-refractivity contribution is 0.343. The SMILES string of the molecule is Br.N=C(N)SCCOc1ccc(F)cc1. The number of hydrogen-bond acceptors (Lipinski definition) is 3. The van der Waals surface area contributed by atoms with E-state index in [9.17, 15) is 4.39 Å². The second kappa shape index (κ2) is 7.53. The van der Waals surface area contributed by atoms with Gasteiger partial charge in [-0.25, -0.2) is 4.39 Å². The highest BCUT2D eigenvalue weighted by Gasteiger charge is 1.95. The zero-order chi connectivity index (χ0) is 10.4. The normalized spacial score (nSPS) is 9.13. The molecule has 0 saturated carbocycles. The summed E-state index contributed by atoms with van der Waals surface area (Å²) in [6.45, 7) is 0.454. The third kappa shape index (κ3) is 6.35. The monoisotopic (exact) mass is 294 g/mol. The molecule has 84 valence electrons. The molecule has 0 aliphatic carbocycles. The van der Waals surface area contributed by atoms with Crippen molar-refractivity contribution in [1.82, 2.24) is 0 Å². The number of halogens is 2. The molecule has 0 spiro atoms. The lowest BCUT2D eigenvalue weighted by Crippen LogP contribution is -2.08. The summed E-state index contributed by atoms with van der Waals surface area (Å²) >= 11 is 1.22. The van der Waals surface area contributed by atoms with Crippen LogP contribution in [0.4, 0.5) is 4.39 Å². The molecular weight excluding hydrogens is 283 g/mol. The van der Waals surface area contributed by atoms with Gasteiger partial charge in [-0.15, -0.1) is 17.0 Å². The first-order valence-corrected chi connectivity index (χ1v) is 5.02. The summed E-state index contributed by atoms with van der Waals surface area (Å²) in [6, 6.07) is 5.81. The van der Waals surface area contributed by atoms with Gasteiger partial charge in [-0.3, -0.25) is 5.41 Å². The number of nitrogens with two attached hydrogens (primary N) is 1. The van der Waals surface area contributed by atoms with E-state index in [2.05, 4.69) is 0 Å². The summed E-state index contributed by atoms with van der Waals surface area (Å²) < 4.78 is 17.7. The molecule has 1 aromatic carbocycles. The van der Waals surface area contributed by atoms with Crippen molar-refractivity contribution in [3.63, 3.8) is 0 Å². The van der Waals surface area contributed by atoms with Crippen molar-refractivity contribution in [1.29, 1.82) is 5.41 Å². The van der Waals surface area contributed by atoms with Gasteiger partial charge in [-0.05, 0) is 24.3 Å². The Labute approximate surface area is 102 Å². The Kier molecular flexibility index (Phi) is 7.15. The highest BCUT2D eigenvalue weighted by molar-refractivity contribution is 8.93. The first-order chi connectivity index (χ1) is 6.68. The van der Waals surface area contributed by atoms with Gasteiger partial charge in [-0.2, -0.15) is 0 Å². The van der Waals surface area contributed by atoms with Crippen molar-refractivity contribution in [2.24, 2.45) is 5.73 Å². The van der Waals surface area contributed by atoms with E-state index < -0.39 is 0 Å². The fraction of sp³-hybridized carbons (Fsp3) is 0.222. The van der Waals surface area contributed by atoms with Crippen LogP contribution in [0.3, 0.4) is 0 Å². The van der Waals surface area contributed by atoms with Crippen LogP contribution in [0.2, 0.25) is 0 Å². The summed E-state index contributed by atoms with van der Waals surface area (Å²) in [5.74, 6) is 0.957. The molecule has 3 N–H and O–H groups in total. The molecule has 0 aliphatic heterocycles. The summed E-state index contributed by atoms with van der Waals surface area (Å²) in [4.78, 5) is 0. The Morgan fingerprint density at radius 2 is 2.00 bits per heavy atom. The summed E-state index contributed by atoms with van der Waals surface area (Å²) in [7, 11) is 0. The number of rotatable bonds is 4. The molecule has 0 atom stereocenters. The average Bonchev–Trinajstić information content (AvgIpc) is 2.15. The molecule has 0 aliphatic rings. The Balaban J connectivity index is 0.00000196. The predicted octanol–water partition coefficient (Wildman–Crippen LogP) is 2.41. The molecular formula is C9H12BrFN2OS. The third-order valence-electron chi connectivity index (χ3n) is 1.42. The molecule has 0 radical (unpaired) electrons. The Morgan fingerprint density at radius 1 is 1.40 bits per heavy atom. The van der Waals surface area contributed by atoms with E-state index in [0.29, 0.717) is 18.1 Å². The van der Waals surface area contributed by atoms with Crippen LogP contribution in [0.15, 0.2) is 24.3 Å². The number of nitrogens with one attached hydrogen (secondary N) is 1. The van der Waals surface area contributed by atoms with Crippen LogP contribution in [0.1, 0.15) is 0 Å². The summed E-state index contributed by atoms with van der Waals surface area (Å²) in [6.07, 6.45) is 0. The topological polar surface area (TPSA) is 59.1 Å². The highest BCUT2D eigenvalue weighted by Crippen LogP contribution is 2.11. The molecule has 0 heterocycles. The van der Waals surface area contributed by atoms with E-state index >= 15 is 0 Å².